The maximum atomic E-state index is 6.43. The predicted octanol–water partition coefficient (Wildman–Crippen LogP) is 4.24. The highest BCUT2D eigenvalue weighted by Gasteiger charge is 2.15. The first-order valence-electron chi connectivity index (χ1n) is 9.04. The van der Waals surface area contributed by atoms with E-state index in [0.717, 1.165) is 46.8 Å². The van der Waals surface area contributed by atoms with E-state index in [4.69, 9.17) is 28.1 Å². The lowest BCUT2D eigenvalue weighted by molar-refractivity contribution is 0.331. The highest BCUT2D eigenvalue weighted by atomic mass is 35.5. The Balaban J connectivity index is 1.65. The fourth-order valence-electron chi connectivity index (χ4n) is 3.67. The maximum Gasteiger partial charge on any atom is 0.0777 e. The van der Waals surface area contributed by atoms with Crippen molar-refractivity contribution < 1.29 is 0 Å². The zero-order chi connectivity index (χ0) is 18.1. The van der Waals surface area contributed by atoms with Crippen LogP contribution in [0.2, 0.25) is 5.02 Å². The van der Waals surface area contributed by atoms with Crippen LogP contribution in [0.1, 0.15) is 29.7 Å². The van der Waals surface area contributed by atoms with Crippen molar-refractivity contribution in [3.63, 3.8) is 0 Å². The molecule has 0 radical (unpaired) electrons. The van der Waals surface area contributed by atoms with Gasteiger partial charge in [0.25, 0.3) is 0 Å². The van der Waals surface area contributed by atoms with Crippen molar-refractivity contribution in [2.45, 2.75) is 25.8 Å². The van der Waals surface area contributed by atoms with Gasteiger partial charge < -0.3 is 11.5 Å². The lowest BCUT2D eigenvalue weighted by Crippen LogP contribution is -2.18. The van der Waals surface area contributed by atoms with Crippen LogP contribution in [0.4, 0.5) is 11.4 Å². The molecule has 4 rings (SSSR count). The van der Waals surface area contributed by atoms with Crippen LogP contribution in [0.25, 0.3) is 10.9 Å². The van der Waals surface area contributed by atoms with Crippen LogP contribution in [0.5, 0.6) is 0 Å². The summed E-state index contributed by atoms with van der Waals surface area (Å²) in [6.45, 7) is 3.20. The number of hydrogen-bond acceptors (Lipinski definition) is 4. The number of pyridine rings is 1. The summed E-state index contributed by atoms with van der Waals surface area (Å²) < 4.78 is 0. The number of benzene rings is 2. The minimum absolute atomic E-state index is 0.569. The van der Waals surface area contributed by atoms with Crippen molar-refractivity contribution in [1.82, 2.24) is 9.88 Å². The molecule has 0 spiro atoms. The molecule has 1 aliphatic heterocycles. The molecule has 4 nitrogen and oxygen atoms in total. The maximum absolute atomic E-state index is 6.43. The van der Waals surface area contributed by atoms with E-state index in [1.807, 2.05) is 36.4 Å². The van der Waals surface area contributed by atoms with E-state index >= 15 is 0 Å². The number of hydrogen-bond donors (Lipinski definition) is 2. The molecule has 1 aliphatic rings. The Bertz CT molecular complexity index is 948. The zero-order valence-corrected chi connectivity index (χ0v) is 15.5. The molecule has 0 unspecified atom stereocenters. The fourth-order valence-corrected chi connectivity index (χ4v) is 3.85. The number of nitrogen functional groups attached to an aromatic ring is 2. The van der Waals surface area contributed by atoms with Crippen molar-refractivity contribution in [2.24, 2.45) is 0 Å². The fraction of sp³-hybridized carbons (Fsp3) is 0.286. The van der Waals surface area contributed by atoms with Gasteiger partial charge in [-0.3, -0.25) is 9.88 Å². The van der Waals surface area contributed by atoms with Crippen LogP contribution in [-0.4, -0.2) is 23.0 Å². The second-order valence-electron chi connectivity index (χ2n) is 6.99. The molecule has 26 heavy (non-hydrogen) atoms. The quantitative estimate of drug-likeness (QED) is 0.724. The topological polar surface area (TPSA) is 68.2 Å². The average Bonchev–Trinajstić information content (AvgIpc) is 3.15. The third kappa shape index (κ3) is 3.35. The van der Waals surface area contributed by atoms with Crippen LogP contribution in [-0.2, 0) is 13.0 Å². The first kappa shape index (κ1) is 17.1. The number of likely N-dealkylation sites (tertiary alicyclic amines) is 1. The summed E-state index contributed by atoms with van der Waals surface area (Å²) in [4.78, 5) is 7.19. The van der Waals surface area contributed by atoms with Crippen molar-refractivity contribution in [3.05, 3.63) is 64.3 Å². The van der Waals surface area contributed by atoms with Crippen LogP contribution in [0.3, 0.4) is 0 Å². The molecular weight excluding hydrogens is 344 g/mol. The summed E-state index contributed by atoms with van der Waals surface area (Å²) in [7, 11) is 0. The second-order valence-corrected chi connectivity index (χ2v) is 7.40. The van der Waals surface area contributed by atoms with Gasteiger partial charge in [-0.1, -0.05) is 41.9 Å². The summed E-state index contributed by atoms with van der Waals surface area (Å²) in [6.07, 6.45) is 3.19. The number of nitrogens with zero attached hydrogens (tertiary/aromatic N) is 2. The number of halogens is 1. The van der Waals surface area contributed by atoms with Crippen molar-refractivity contribution in [2.75, 3.05) is 24.6 Å². The van der Waals surface area contributed by atoms with E-state index in [-0.39, 0.29) is 0 Å². The number of anilines is 2. The molecule has 4 N–H and O–H groups in total. The number of para-hydroxylation sites is 1. The highest BCUT2D eigenvalue weighted by molar-refractivity contribution is 6.31. The molecule has 0 atom stereocenters. The van der Waals surface area contributed by atoms with Gasteiger partial charge in [0.15, 0.2) is 0 Å². The lowest BCUT2D eigenvalue weighted by atomic mass is 10.0. The van der Waals surface area contributed by atoms with E-state index in [0.29, 0.717) is 17.8 Å². The number of rotatable bonds is 4. The molecule has 2 heterocycles. The Labute approximate surface area is 158 Å². The monoisotopic (exact) mass is 366 g/mol. The SMILES string of the molecule is Nc1c(Cc2ccc(Cl)c(CN3CCCC3)c2)nc2ccccc2c1N. The Hall–Kier alpha value is -2.30. The minimum atomic E-state index is 0.569. The molecule has 3 aromatic rings. The summed E-state index contributed by atoms with van der Waals surface area (Å²) in [6, 6.07) is 14.0. The zero-order valence-electron chi connectivity index (χ0n) is 14.7. The van der Waals surface area contributed by atoms with Gasteiger partial charge in [0.2, 0.25) is 0 Å². The van der Waals surface area contributed by atoms with E-state index in [1.54, 1.807) is 0 Å². The first-order valence-corrected chi connectivity index (χ1v) is 9.42. The van der Waals surface area contributed by atoms with Gasteiger partial charge in [-0.25, -0.2) is 0 Å². The predicted molar refractivity (Wildman–Crippen MR) is 109 cm³/mol. The average molecular weight is 367 g/mol. The third-order valence-electron chi connectivity index (χ3n) is 5.13. The lowest BCUT2D eigenvalue weighted by Gasteiger charge is -2.17. The third-order valence-corrected chi connectivity index (χ3v) is 5.49. The van der Waals surface area contributed by atoms with E-state index in [9.17, 15) is 0 Å². The largest absolute Gasteiger partial charge is 0.396 e. The van der Waals surface area contributed by atoms with Crippen LogP contribution in [0.15, 0.2) is 42.5 Å². The van der Waals surface area contributed by atoms with Crippen molar-refractivity contribution in [1.29, 1.82) is 0 Å². The van der Waals surface area contributed by atoms with Gasteiger partial charge in [-0.05, 0) is 49.2 Å². The second kappa shape index (κ2) is 7.14. The summed E-state index contributed by atoms with van der Waals surface area (Å²) >= 11 is 6.43. The highest BCUT2D eigenvalue weighted by Crippen LogP contribution is 2.30. The Morgan fingerprint density at radius 3 is 2.58 bits per heavy atom. The van der Waals surface area contributed by atoms with Gasteiger partial charge >= 0.3 is 0 Å². The first-order chi connectivity index (χ1) is 12.6. The summed E-state index contributed by atoms with van der Waals surface area (Å²) in [5.74, 6) is 0. The number of fused-ring (bicyclic) bond motifs is 1. The van der Waals surface area contributed by atoms with Gasteiger partial charge in [0.05, 0.1) is 22.6 Å². The Kier molecular flexibility index (Phi) is 4.70. The molecular formula is C21H23ClN4. The molecule has 1 fully saturated rings. The molecule has 134 valence electrons. The number of nitrogens with two attached hydrogens (primary N) is 2. The summed E-state index contributed by atoms with van der Waals surface area (Å²) in [5, 5.41) is 1.72. The summed E-state index contributed by atoms with van der Waals surface area (Å²) in [5.41, 5.74) is 17.7. The standard InChI is InChI=1S/C21H23ClN4/c22-17-8-7-14(11-15(17)13-26-9-3-4-10-26)12-19-21(24)20(23)16-5-1-2-6-18(16)25-19/h1-2,5-8,11H,3-4,9-10,12-13,24H2,(H2,23,25). The molecule has 1 saturated heterocycles. The van der Waals surface area contributed by atoms with E-state index < -0.39 is 0 Å². The number of aromatic nitrogens is 1. The van der Waals surface area contributed by atoms with Crippen LogP contribution >= 0.6 is 11.6 Å². The van der Waals surface area contributed by atoms with Gasteiger partial charge in [-0.15, -0.1) is 0 Å². The van der Waals surface area contributed by atoms with Gasteiger partial charge in [0, 0.05) is 23.4 Å². The molecule has 0 bridgehead atoms. The molecule has 5 heteroatoms. The van der Waals surface area contributed by atoms with Crippen LogP contribution < -0.4 is 11.5 Å². The van der Waals surface area contributed by atoms with Crippen molar-refractivity contribution >= 4 is 33.9 Å². The normalized spacial score (nSPS) is 15.0. The van der Waals surface area contributed by atoms with Gasteiger partial charge in [0.1, 0.15) is 0 Å². The molecule has 0 aliphatic carbocycles. The molecule has 2 aromatic carbocycles. The minimum Gasteiger partial charge on any atom is -0.396 e. The van der Waals surface area contributed by atoms with E-state index in [2.05, 4.69) is 11.0 Å². The molecule has 1 aromatic heterocycles. The van der Waals surface area contributed by atoms with Crippen LogP contribution in [0, 0.1) is 0 Å². The Morgan fingerprint density at radius 2 is 1.77 bits per heavy atom. The smallest absolute Gasteiger partial charge is 0.0777 e. The molecule has 0 amide bonds. The Morgan fingerprint density at radius 1 is 1.00 bits per heavy atom. The van der Waals surface area contributed by atoms with Gasteiger partial charge in [-0.2, -0.15) is 0 Å². The molecule has 0 saturated carbocycles. The van der Waals surface area contributed by atoms with E-state index in [1.165, 1.54) is 18.4 Å². The van der Waals surface area contributed by atoms with Crippen molar-refractivity contribution in [3.8, 4) is 0 Å².